The van der Waals surface area contributed by atoms with Gasteiger partial charge in [0.1, 0.15) is 5.82 Å². The van der Waals surface area contributed by atoms with Crippen molar-refractivity contribution in [3.05, 3.63) is 60.1 Å². The molecule has 122 valence electrons. The van der Waals surface area contributed by atoms with E-state index in [2.05, 4.69) is 15.9 Å². The fourth-order valence-corrected chi connectivity index (χ4v) is 2.86. The molecule has 0 spiro atoms. The first-order valence-electron chi connectivity index (χ1n) is 6.27. The van der Waals surface area contributed by atoms with Crippen LogP contribution < -0.4 is 16.6 Å². The topological polar surface area (TPSA) is 137 Å². The SMILES string of the molecule is Nc1c2c(cc(=O)n1-c1cc([N+](=O)[O-])c(F)cc1Br)C(=O)NC2=O. The molecule has 2 amide bonds. The Labute approximate surface area is 140 Å². The summed E-state index contributed by atoms with van der Waals surface area (Å²) in [6.45, 7) is 0. The zero-order valence-corrected chi connectivity index (χ0v) is 13.1. The van der Waals surface area contributed by atoms with Gasteiger partial charge in [-0.05, 0) is 22.0 Å². The molecule has 1 aromatic heterocycles. The van der Waals surface area contributed by atoms with E-state index in [-0.39, 0.29) is 27.1 Å². The van der Waals surface area contributed by atoms with Gasteiger partial charge >= 0.3 is 5.69 Å². The normalized spacial score (nSPS) is 12.9. The quantitative estimate of drug-likeness (QED) is 0.443. The number of aromatic nitrogens is 1. The Morgan fingerprint density at radius 2 is 1.88 bits per heavy atom. The van der Waals surface area contributed by atoms with Crippen molar-refractivity contribution >= 4 is 39.2 Å². The van der Waals surface area contributed by atoms with Gasteiger partial charge in [-0.1, -0.05) is 0 Å². The molecule has 0 fully saturated rings. The van der Waals surface area contributed by atoms with Gasteiger partial charge in [-0.3, -0.25) is 34.4 Å². The van der Waals surface area contributed by atoms with Gasteiger partial charge in [0.15, 0.2) is 0 Å². The molecule has 0 bridgehead atoms. The molecule has 24 heavy (non-hydrogen) atoms. The zero-order valence-electron chi connectivity index (χ0n) is 11.5. The number of imide groups is 1. The highest BCUT2D eigenvalue weighted by Gasteiger charge is 2.32. The standard InChI is InChI=1S/C13H6BrFN4O5/c14-5-2-6(15)8(19(23)24)3-7(5)18-9(20)1-4-10(11(18)16)13(22)17-12(4)21/h1-3H,16H2,(H,17,21,22). The average Bonchev–Trinajstić information content (AvgIpc) is 2.75. The van der Waals surface area contributed by atoms with Crippen molar-refractivity contribution in [2.24, 2.45) is 0 Å². The molecule has 0 radical (unpaired) electrons. The number of nitrogens with two attached hydrogens (primary N) is 1. The Kier molecular flexibility index (Phi) is 3.44. The lowest BCUT2D eigenvalue weighted by Crippen LogP contribution is -2.24. The number of nitrogens with one attached hydrogen (secondary N) is 1. The second-order valence-corrected chi connectivity index (χ2v) is 5.64. The van der Waals surface area contributed by atoms with Crippen molar-refractivity contribution in [2.45, 2.75) is 0 Å². The summed E-state index contributed by atoms with van der Waals surface area (Å²) < 4.78 is 14.4. The molecule has 0 saturated carbocycles. The van der Waals surface area contributed by atoms with Crippen LogP contribution in [-0.2, 0) is 0 Å². The van der Waals surface area contributed by atoms with Crippen LogP contribution in [0.3, 0.4) is 0 Å². The van der Waals surface area contributed by atoms with Gasteiger partial charge in [-0.2, -0.15) is 4.39 Å². The largest absolute Gasteiger partial charge is 0.384 e. The van der Waals surface area contributed by atoms with Crippen LogP contribution in [0.5, 0.6) is 0 Å². The van der Waals surface area contributed by atoms with E-state index in [0.717, 1.165) is 22.8 Å². The Balaban J connectivity index is 2.37. The van der Waals surface area contributed by atoms with E-state index in [0.29, 0.717) is 0 Å². The fraction of sp³-hybridized carbons (Fsp3) is 0. The smallest absolute Gasteiger partial charge is 0.306 e. The van der Waals surface area contributed by atoms with Crippen LogP contribution in [0, 0.1) is 15.9 Å². The van der Waals surface area contributed by atoms with Crippen LogP contribution in [0.2, 0.25) is 0 Å². The van der Waals surface area contributed by atoms with Crippen LogP contribution in [0.4, 0.5) is 15.9 Å². The molecular weight excluding hydrogens is 391 g/mol. The molecule has 1 aromatic carbocycles. The number of halogens is 2. The Morgan fingerprint density at radius 3 is 2.50 bits per heavy atom. The van der Waals surface area contributed by atoms with Crippen molar-refractivity contribution in [2.75, 3.05) is 5.73 Å². The average molecular weight is 397 g/mol. The molecule has 1 aliphatic rings. The minimum Gasteiger partial charge on any atom is -0.384 e. The van der Waals surface area contributed by atoms with Crippen molar-refractivity contribution in [1.29, 1.82) is 0 Å². The van der Waals surface area contributed by atoms with Crippen LogP contribution in [-0.4, -0.2) is 21.3 Å². The summed E-state index contributed by atoms with van der Waals surface area (Å²) in [5.41, 5.74) is 3.59. The summed E-state index contributed by atoms with van der Waals surface area (Å²) >= 11 is 3.00. The van der Waals surface area contributed by atoms with E-state index < -0.39 is 33.8 Å². The number of benzene rings is 1. The van der Waals surface area contributed by atoms with Gasteiger partial charge in [-0.25, -0.2) is 0 Å². The number of nitro benzene ring substituents is 1. The number of nitrogens with zero attached hydrogens (tertiary/aromatic N) is 2. The molecule has 0 atom stereocenters. The highest BCUT2D eigenvalue weighted by atomic mass is 79.9. The van der Waals surface area contributed by atoms with E-state index in [1.807, 2.05) is 5.32 Å². The molecule has 3 rings (SSSR count). The van der Waals surface area contributed by atoms with E-state index in [9.17, 15) is 28.9 Å². The lowest BCUT2D eigenvalue weighted by atomic mass is 10.1. The summed E-state index contributed by atoms with van der Waals surface area (Å²) in [6, 6.07) is 2.49. The van der Waals surface area contributed by atoms with Crippen LogP contribution >= 0.6 is 15.9 Å². The second-order valence-electron chi connectivity index (χ2n) is 4.79. The molecule has 0 unspecified atom stereocenters. The molecule has 3 N–H and O–H groups in total. The van der Waals surface area contributed by atoms with Crippen LogP contribution in [0.25, 0.3) is 5.69 Å². The number of hydrogen-bond acceptors (Lipinski definition) is 6. The first-order valence-corrected chi connectivity index (χ1v) is 7.06. The number of carbonyl (C=O) groups excluding carboxylic acids is 2. The highest BCUT2D eigenvalue weighted by molar-refractivity contribution is 9.10. The number of nitro groups is 1. The lowest BCUT2D eigenvalue weighted by molar-refractivity contribution is -0.387. The van der Waals surface area contributed by atoms with E-state index >= 15 is 0 Å². The van der Waals surface area contributed by atoms with E-state index in [4.69, 9.17) is 5.73 Å². The van der Waals surface area contributed by atoms with Crippen molar-refractivity contribution in [3.63, 3.8) is 0 Å². The first-order chi connectivity index (χ1) is 11.2. The predicted molar refractivity (Wildman–Crippen MR) is 82.6 cm³/mol. The van der Waals surface area contributed by atoms with E-state index in [1.54, 1.807) is 0 Å². The number of fused-ring (bicyclic) bond motifs is 1. The Hall–Kier alpha value is -3.08. The number of rotatable bonds is 2. The summed E-state index contributed by atoms with van der Waals surface area (Å²) in [7, 11) is 0. The highest BCUT2D eigenvalue weighted by Crippen LogP contribution is 2.31. The number of hydrogen-bond donors (Lipinski definition) is 2. The van der Waals surface area contributed by atoms with Gasteiger partial charge < -0.3 is 5.73 Å². The molecule has 0 saturated heterocycles. The molecule has 2 aromatic rings. The maximum Gasteiger partial charge on any atom is 0.306 e. The monoisotopic (exact) mass is 396 g/mol. The summed E-state index contributed by atoms with van der Waals surface area (Å²) in [5.74, 6) is -3.07. The van der Waals surface area contributed by atoms with Gasteiger partial charge in [0.2, 0.25) is 5.82 Å². The molecule has 0 aliphatic carbocycles. The maximum atomic E-state index is 13.6. The first kappa shape index (κ1) is 15.8. The summed E-state index contributed by atoms with van der Waals surface area (Å²) in [6.07, 6.45) is 0. The molecule has 11 heteroatoms. The van der Waals surface area contributed by atoms with Crippen molar-refractivity contribution < 1.29 is 18.9 Å². The molecular formula is C13H6BrFN4O5. The van der Waals surface area contributed by atoms with Crippen LogP contribution in [0.15, 0.2) is 27.5 Å². The van der Waals surface area contributed by atoms with Crippen molar-refractivity contribution in [1.82, 2.24) is 9.88 Å². The predicted octanol–water partition coefficient (Wildman–Crippen LogP) is 1.11. The van der Waals surface area contributed by atoms with Gasteiger partial charge in [0.05, 0.1) is 21.7 Å². The number of carbonyl (C=O) groups is 2. The van der Waals surface area contributed by atoms with Gasteiger partial charge in [-0.15, -0.1) is 0 Å². The molecule has 1 aliphatic heterocycles. The Morgan fingerprint density at radius 1 is 1.21 bits per heavy atom. The third kappa shape index (κ3) is 2.17. The number of anilines is 1. The van der Waals surface area contributed by atoms with Gasteiger partial charge in [0, 0.05) is 16.6 Å². The third-order valence-electron chi connectivity index (χ3n) is 3.41. The van der Waals surface area contributed by atoms with Crippen LogP contribution in [0.1, 0.15) is 20.7 Å². The molecule has 9 nitrogen and oxygen atoms in total. The zero-order chi connectivity index (χ0) is 17.8. The van der Waals surface area contributed by atoms with Crippen molar-refractivity contribution in [3.8, 4) is 5.69 Å². The van der Waals surface area contributed by atoms with E-state index in [1.165, 1.54) is 0 Å². The second kappa shape index (κ2) is 5.23. The molecule has 2 heterocycles. The maximum absolute atomic E-state index is 13.6. The number of nitrogen functional groups attached to an aromatic ring is 1. The van der Waals surface area contributed by atoms with Gasteiger partial charge in [0.25, 0.3) is 17.4 Å². The third-order valence-corrected chi connectivity index (χ3v) is 4.04. The fourth-order valence-electron chi connectivity index (χ4n) is 2.37. The Bertz CT molecular complexity index is 1020. The summed E-state index contributed by atoms with van der Waals surface area (Å²) in [4.78, 5) is 45.6. The summed E-state index contributed by atoms with van der Waals surface area (Å²) in [5, 5.41) is 12.9. The number of amides is 2. The minimum atomic E-state index is -1.11. The number of pyridine rings is 1. The lowest BCUT2D eigenvalue weighted by Gasteiger charge is -2.13. The minimum absolute atomic E-state index is 0.00378.